The smallest absolute Gasteiger partial charge is 0.406 e. The number of benzene rings is 1. The van der Waals surface area contributed by atoms with Crippen molar-refractivity contribution in [1.29, 1.82) is 0 Å². The third-order valence-corrected chi connectivity index (χ3v) is 3.44. The van der Waals surface area contributed by atoms with Gasteiger partial charge in [0.1, 0.15) is 11.9 Å². The summed E-state index contributed by atoms with van der Waals surface area (Å²) in [7, 11) is 0. The largest absolute Gasteiger partial charge is 0.573 e. The monoisotopic (exact) mass is 336 g/mol. The zero-order valence-electron chi connectivity index (χ0n) is 12.0. The highest BCUT2D eigenvalue weighted by Crippen LogP contribution is 2.23. The van der Waals surface area contributed by atoms with E-state index in [-0.39, 0.29) is 31.9 Å². The first-order valence-electron chi connectivity index (χ1n) is 6.92. The van der Waals surface area contributed by atoms with Crippen LogP contribution in [0.2, 0.25) is 0 Å². The predicted molar refractivity (Wildman–Crippen MR) is 72.5 cm³/mol. The van der Waals surface area contributed by atoms with Crippen molar-refractivity contribution in [3.05, 3.63) is 29.8 Å². The predicted octanol–water partition coefficient (Wildman–Crippen LogP) is 2.20. The number of likely N-dealkylation sites (tertiary alicyclic amines) is 1. The Balaban J connectivity index is 1.87. The van der Waals surface area contributed by atoms with Crippen LogP contribution in [0.4, 0.5) is 22.4 Å². The number of hydrogen-bond donors (Lipinski definition) is 2. The zero-order chi connectivity index (χ0) is 17.0. The molecule has 1 aliphatic rings. The first-order chi connectivity index (χ1) is 10.8. The van der Waals surface area contributed by atoms with Crippen molar-refractivity contribution in [3.8, 4) is 5.75 Å². The lowest BCUT2D eigenvalue weighted by Gasteiger charge is -2.23. The maximum absolute atomic E-state index is 13.3. The maximum atomic E-state index is 13.3. The first-order valence-corrected chi connectivity index (χ1v) is 6.92. The van der Waals surface area contributed by atoms with Crippen LogP contribution in [0.25, 0.3) is 0 Å². The lowest BCUT2D eigenvalue weighted by atomic mass is 10.2. The molecule has 23 heavy (non-hydrogen) atoms. The van der Waals surface area contributed by atoms with E-state index in [1.165, 1.54) is 17.0 Å². The second kappa shape index (κ2) is 7.03. The van der Waals surface area contributed by atoms with Gasteiger partial charge in [-0.15, -0.1) is 13.2 Å². The van der Waals surface area contributed by atoms with Crippen LogP contribution in [0.15, 0.2) is 24.3 Å². The van der Waals surface area contributed by atoms with Gasteiger partial charge in [-0.1, -0.05) is 12.1 Å². The average molecular weight is 336 g/mol. The number of aliphatic hydroxyl groups is 1. The van der Waals surface area contributed by atoms with Gasteiger partial charge in [0.15, 0.2) is 0 Å². The van der Waals surface area contributed by atoms with E-state index in [1.54, 1.807) is 0 Å². The summed E-state index contributed by atoms with van der Waals surface area (Å²) in [4.78, 5) is 13.2. The molecule has 2 atom stereocenters. The Morgan fingerprint density at radius 1 is 1.35 bits per heavy atom. The van der Waals surface area contributed by atoms with Crippen LogP contribution < -0.4 is 10.1 Å². The molecule has 0 saturated carbocycles. The van der Waals surface area contributed by atoms with E-state index in [0.29, 0.717) is 5.56 Å². The second-order valence-electron chi connectivity index (χ2n) is 5.17. The average Bonchev–Trinajstić information content (AvgIpc) is 2.86. The van der Waals surface area contributed by atoms with Crippen LogP contribution in [-0.4, -0.2) is 47.8 Å². The minimum absolute atomic E-state index is 0.0662. The van der Waals surface area contributed by atoms with Gasteiger partial charge in [-0.3, -0.25) is 0 Å². The molecule has 0 radical (unpaired) electrons. The topological polar surface area (TPSA) is 61.8 Å². The maximum Gasteiger partial charge on any atom is 0.573 e. The van der Waals surface area contributed by atoms with Gasteiger partial charge in [0.05, 0.1) is 19.2 Å². The Morgan fingerprint density at radius 3 is 2.57 bits per heavy atom. The van der Waals surface area contributed by atoms with Gasteiger partial charge in [-0.2, -0.15) is 0 Å². The van der Waals surface area contributed by atoms with E-state index in [4.69, 9.17) is 5.11 Å². The molecule has 1 heterocycles. The molecule has 1 aromatic carbocycles. The molecular formula is C14H16F4N2O3. The highest BCUT2D eigenvalue weighted by Gasteiger charge is 2.34. The number of hydrogen-bond acceptors (Lipinski definition) is 3. The summed E-state index contributed by atoms with van der Waals surface area (Å²) in [6.07, 6.45) is -5.84. The summed E-state index contributed by atoms with van der Waals surface area (Å²) >= 11 is 0. The molecule has 9 heteroatoms. The minimum Gasteiger partial charge on any atom is -0.406 e. The molecule has 0 bridgehead atoms. The number of carbonyl (C=O) groups is 1. The van der Waals surface area contributed by atoms with Gasteiger partial charge in [0.2, 0.25) is 0 Å². The molecule has 2 rings (SSSR count). The molecule has 0 spiro atoms. The van der Waals surface area contributed by atoms with E-state index in [2.05, 4.69) is 10.1 Å². The quantitative estimate of drug-likeness (QED) is 0.829. The molecule has 128 valence electrons. The summed E-state index contributed by atoms with van der Waals surface area (Å²) in [6.45, 7) is -0.344. The third-order valence-electron chi connectivity index (χ3n) is 3.44. The molecule has 2 N–H and O–H groups in total. The van der Waals surface area contributed by atoms with Gasteiger partial charge in [-0.25, -0.2) is 9.18 Å². The van der Waals surface area contributed by atoms with Crippen LogP contribution in [0, 0.1) is 0 Å². The van der Waals surface area contributed by atoms with Crippen molar-refractivity contribution in [3.63, 3.8) is 0 Å². The lowest BCUT2D eigenvalue weighted by molar-refractivity contribution is -0.274. The van der Waals surface area contributed by atoms with E-state index in [1.807, 2.05) is 0 Å². The number of ether oxygens (including phenoxy) is 1. The number of nitrogens with one attached hydrogen (secondary N) is 1. The van der Waals surface area contributed by atoms with Crippen LogP contribution in [0.1, 0.15) is 12.0 Å². The van der Waals surface area contributed by atoms with Gasteiger partial charge >= 0.3 is 12.4 Å². The fraction of sp³-hybridized carbons (Fsp3) is 0.500. The Labute approximate surface area is 129 Å². The van der Waals surface area contributed by atoms with Gasteiger partial charge in [0, 0.05) is 13.0 Å². The molecule has 1 saturated heterocycles. The number of urea groups is 1. The van der Waals surface area contributed by atoms with E-state index >= 15 is 0 Å². The Hall–Kier alpha value is -2.03. The van der Waals surface area contributed by atoms with E-state index in [0.717, 1.165) is 12.1 Å². The molecule has 2 amide bonds. The van der Waals surface area contributed by atoms with Crippen molar-refractivity contribution in [1.82, 2.24) is 10.2 Å². The number of rotatable bonds is 4. The van der Waals surface area contributed by atoms with Crippen molar-refractivity contribution < 1.29 is 32.2 Å². The van der Waals surface area contributed by atoms with E-state index < -0.39 is 24.6 Å². The minimum atomic E-state index is -4.76. The number of carbonyl (C=O) groups excluding carboxylic acids is 1. The molecule has 1 aliphatic heterocycles. The standard InChI is InChI=1S/C14H16F4N2O3/c15-10-5-11(8-21)20(7-10)13(22)19-6-9-1-3-12(4-2-9)23-14(16,17)18/h1-4,10-11,21H,5-8H2,(H,19,22). The molecule has 1 fully saturated rings. The summed E-state index contributed by atoms with van der Waals surface area (Å²) in [5.41, 5.74) is 0.560. The first kappa shape index (κ1) is 17.3. The molecule has 0 aromatic heterocycles. The van der Waals surface area contributed by atoms with Gasteiger partial charge in [0.25, 0.3) is 0 Å². The summed E-state index contributed by atoms with van der Waals surface area (Å²) < 4.78 is 53.1. The normalized spacial score (nSPS) is 21.3. The number of alkyl halides is 4. The highest BCUT2D eigenvalue weighted by atomic mass is 19.4. The van der Waals surface area contributed by atoms with Crippen LogP contribution in [0.5, 0.6) is 5.75 Å². The van der Waals surface area contributed by atoms with Crippen LogP contribution >= 0.6 is 0 Å². The van der Waals surface area contributed by atoms with Crippen LogP contribution in [0.3, 0.4) is 0 Å². The molecule has 2 unspecified atom stereocenters. The van der Waals surface area contributed by atoms with E-state index in [9.17, 15) is 22.4 Å². The molecular weight excluding hydrogens is 320 g/mol. The number of nitrogens with zero attached hydrogens (tertiary/aromatic N) is 1. The van der Waals surface area contributed by atoms with Crippen molar-refractivity contribution >= 4 is 6.03 Å². The Bertz CT molecular complexity index is 536. The summed E-state index contributed by atoms with van der Waals surface area (Å²) in [5, 5.41) is 11.7. The SMILES string of the molecule is O=C(NCc1ccc(OC(F)(F)F)cc1)N1CC(F)CC1CO. The second-order valence-corrected chi connectivity index (χ2v) is 5.17. The lowest BCUT2D eigenvalue weighted by Crippen LogP contribution is -2.44. The Kier molecular flexibility index (Phi) is 5.30. The van der Waals surface area contributed by atoms with Gasteiger partial charge in [-0.05, 0) is 17.7 Å². The Morgan fingerprint density at radius 2 is 2.00 bits per heavy atom. The number of amides is 2. The van der Waals surface area contributed by atoms with Crippen molar-refractivity contribution in [2.75, 3.05) is 13.2 Å². The molecule has 5 nitrogen and oxygen atoms in total. The zero-order valence-corrected chi connectivity index (χ0v) is 12.0. The van der Waals surface area contributed by atoms with Crippen LogP contribution in [-0.2, 0) is 6.54 Å². The number of aliphatic hydroxyl groups excluding tert-OH is 1. The summed E-state index contributed by atoms with van der Waals surface area (Å²) in [6, 6.07) is 3.95. The molecule has 0 aliphatic carbocycles. The fourth-order valence-electron chi connectivity index (χ4n) is 2.37. The van der Waals surface area contributed by atoms with Crippen molar-refractivity contribution in [2.24, 2.45) is 0 Å². The highest BCUT2D eigenvalue weighted by molar-refractivity contribution is 5.75. The third kappa shape index (κ3) is 4.98. The fourth-order valence-corrected chi connectivity index (χ4v) is 2.37. The van der Waals surface area contributed by atoms with Gasteiger partial charge < -0.3 is 20.1 Å². The van der Waals surface area contributed by atoms with Crippen molar-refractivity contribution in [2.45, 2.75) is 31.5 Å². The number of halogens is 4. The summed E-state index contributed by atoms with van der Waals surface area (Å²) in [5.74, 6) is -0.354. The molecule has 1 aromatic rings.